The highest BCUT2D eigenvalue weighted by Crippen LogP contribution is 2.42. The summed E-state index contributed by atoms with van der Waals surface area (Å²) in [6.45, 7) is 4.57. The molecule has 0 bridgehead atoms. The first-order valence-electron chi connectivity index (χ1n) is 29.3. The second-order valence-electron chi connectivity index (χ2n) is 20.8. The highest BCUT2D eigenvalue weighted by atomic mass is 16.6. The molecular formula is C68H94O4. The van der Waals surface area contributed by atoms with Crippen LogP contribution in [-0.4, -0.2) is 11.9 Å². The molecular weight excluding hydrogens is 881 g/mol. The van der Waals surface area contributed by atoms with E-state index in [0.717, 1.165) is 60.8 Å². The Labute approximate surface area is 438 Å². The van der Waals surface area contributed by atoms with Gasteiger partial charge in [-0.1, -0.05) is 327 Å². The molecule has 0 heterocycles. The summed E-state index contributed by atoms with van der Waals surface area (Å²) in [5.74, 6) is -1.08. The molecule has 0 amide bonds. The normalized spacial score (nSPS) is 11.7. The predicted molar refractivity (Wildman–Crippen MR) is 304 cm³/mol. The zero-order valence-electron chi connectivity index (χ0n) is 45.1. The fourth-order valence-corrected chi connectivity index (χ4v) is 10.8. The molecule has 4 heteroatoms. The molecule has 390 valence electrons. The number of benzene rings is 5. The van der Waals surface area contributed by atoms with Crippen LogP contribution in [0.2, 0.25) is 0 Å². The van der Waals surface area contributed by atoms with Gasteiger partial charge in [-0.25, -0.2) is 9.59 Å². The molecule has 0 saturated heterocycles. The van der Waals surface area contributed by atoms with Gasteiger partial charge < -0.3 is 9.47 Å². The summed E-state index contributed by atoms with van der Waals surface area (Å²) in [6, 6.07) is 47.8. The van der Waals surface area contributed by atoms with E-state index in [1.807, 2.05) is 84.9 Å². The summed E-state index contributed by atoms with van der Waals surface area (Å²) in [7, 11) is 0. The van der Waals surface area contributed by atoms with Gasteiger partial charge in [-0.2, -0.15) is 0 Å². The zero-order chi connectivity index (χ0) is 50.6. The average molecular weight is 975 g/mol. The Morgan fingerprint density at radius 3 is 0.694 bits per heavy atom. The Bertz CT molecular complexity index is 1900. The first-order chi connectivity index (χ1) is 35.5. The topological polar surface area (TPSA) is 52.6 Å². The monoisotopic (exact) mass is 975 g/mol. The Balaban J connectivity index is 1.26. The number of esters is 2. The molecule has 0 unspecified atom stereocenters. The predicted octanol–water partition coefficient (Wildman–Crippen LogP) is 20.4. The third kappa shape index (κ3) is 19.8. The van der Waals surface area contributed by atoms with E-state index in [1.54, 1.807) is 12.1 Å². The SMILES string of the molecule is CCCCCCCCCCCCCCCCCC(OC(=O)c1ccccc1C(=O)OC(CCCCCCCCCCCCCCCCC)(c1ccccc1)c1ccccc1)(c1ccccc1)c1ccccc1. The number of carbonyl (C=O) groups is 2. The number of rotatable bonds is 40. The van der Waals surface area contributed by atoms with Gasteiger partial charge in [0.15, 0.2) is 11.2 Å². The van der Waals surface area contributed by atoms with Gasteiger partial charge in [0.1, 0.15) is 0 Å². The van der Waals surface area contributed by atoms with Crippen LogP contribution in [-0.2, 0) is 20.7 Å². The molecule has 4 nitrogen and oxygen atoms in total. The van der Waals surface area contributed by atoms with E-state index in [1.165, 1.54) is 154 Å². The maximum Gasteiger partial charge on any atom is 0.340 e. The Morgan fingerprint density at radius 2 is 0.472 bits per heavy atom. The molecule has 0 N–H and O–H groups in total. The van der Waals surface area contributed by atoms with E-state index in [4.69, 9.17) is 9.47 Å². The van der Waals surface area contributed by atoms with Crippen molar-refractivity contribution >= 4 is 11.9 Å². The fourth-order valence-electron chi connectivity index (χ4n) is 10.8. The molecule has 0 aliphatic rings. The molecule has 5 aromatic rings. The van der Waals surface area contributed by atoms with E-state index >= 15 is 0 Å². The number of unbranched alkanes of at least 4 members (excludes halogenated alkanes) is 28. The molecule has 5 aromatic carbocycles. The minimum atomic E-state index is -1.06. The van der Waals surface area contributed by atoms with E-state index in [-0.39, 0.29) is 11.1 Å². The van der Waals surface area contributed by atoms with E-state index in [9.17, 15) is 9.59 Å². The van der Waals surface area contributed by atoms with E-state index < -0.39 is 23.1 Å². The molecule has 0 radical (unpaired) electrons. The quantitative estimate of drug-likeness (QED) is 0.0290. The van der Waals surface area contributed by atoms with Crippen molar-refractivity contribution in [2.75, 3.05) is 0 Å². The summed E-state index contributed by atoms with van der Waals surface area (Å²) in [5.41, 5.74) is 1.99. The minimum absolute atomic E-state index is 0.206. The van der Waals surface area contributed by atoms with Crippen LogP contribution < -0.4 is 0 Å². The lowest BCUT2D eigenvalue weighted by Crippen LogP contribution is -2.36. The lowest BCUT2D eigenvalue weighted by Gasteiger charge is -2.36. The third-order valence-corrected chi connectivity index (χ3v) is 15.1. The highest BCUT2D eigenvalue weighted by molar-refractivity contribution is 6.03. The Hall–Kier alpha value is -4.96. The van der Waals surface area contributed by atoms with Crippen LogP contribution in [0.3, 0.4) is 0 Å². The lowest BCUT2D eigenvalue weighted by molar-refractivity contribution is -0.0111. The van der Waals surface area contributed by atoms with Crippen molar-refractivity contribution in [2.24, 2.45) is 0 Å². The van der Waals surface area contributed by atoms with Gasteiger partial charge in [0, 0.05) is 22.3 Å². The van der Waals surface area contributed by atoms with Crippen molar-refractivity contribution in [2.45, 2.75) is 231 Å². The van der Waals surface area contributed by atoms with Crippen LogP contribution in [0.1, 0.15) is 262 Å². The van der Waals surface area contributed by atoms with Crippen molar-refractivity contribution in [1.82, 2.24) is 0 Å². The molecule has 0 atom stereocenters. The van der Waals surface area contributed by atoms with Gasteiger partial charge in [0.2, 0.25) is 0 Å². The van der Waals surface area contributed by atoms with Crippen LogP contribution in [0.5, 0.6) is 0 Å². The van der Waals surface area contributed by atoms with Crippen molar-refractivity contribution in [3.8, 4) is 0 Å². The largest absolute Gasteiger partial charge is 0.446 e. The van der Waals surface area contributed by atoms with Gasteiger partial charge in [-0.05, 0) is 37.8 Å². The number of hydrogen-bond donors (Lipinski definition) is 0. The van der Waals surface area contributed by atoms with Gasteiger partial charge in [0.25, 0.3) is 0 Å². The van der Waals surface area contributed by atoms with Crippen LogP contribution in [0, 0.1) is 0 Å². The van der Waals surface area contributed by atoms with E-state index in [2.05, 4.69) is 62.4 Å². The summed E-state index contributed by atoms with van der Waals surface area (Å²) < 4.78 is 13.8. The molecule has 72 heavy (non-hydrogen) atoms. The fraction of sp³-hybridized carbons (Fsp3) is 0.529. The summed E-state index contributed by atoms with van der Waals surface area (Å²) >= 11 is 0. The Kier molecular flexibility index (Phi) is 28.4. The van der Waals surface area contributed by atoms with Crippen LogP contribution >= 0.6 is 0 Å². The molecule has 0 saturated carbocycles. The van der Waals surface area contributed by atoms with E-state index in [0.29, 0.717) is 12.8 Å². The highest BCUT2D eigenvalue weighted by Gasteiger charge is 2.41. The third-order valence-electron chi connectivity index (χ3n) is 15.1. The Morgan fingerprint density at radius 1 is 0.278 bits per heavy atom. The molecule has 0 aromatic heterocycles. The second kappa shape index (κ2) is 35.2. The zero-order valence-corrected chi connectivity index (χ0v) is 45.1. The van der Waals surface area contributed by atoms with Crippen LogP contribution in [0.25, 0.3) is 0 Å². The molecule has 5 rings (SSSR count). The van der Waals surface area contributed by atoms with Crippen LogP contribution in [0.4, 0.5) is 0 Å². The standard InChI is InChI=1S/C68H94O4/c1-3-5-7-9-11-13-15-17-19-21-23-25-27-29-45-57-67(59-47-35-31-36-48-59,60-49-37-32-38-50-60)71-65(69)63-55-43-44-56-64(63)66(70)72-68(61-51-39-33-40-52-61,62-53-41-34-42-54-62)58-46-30-28-26-24-22-20-18-16-14-12-10-8-6-4-2/h31-44,47-56H,3-30,45-46,57-58H2,1-2H3. The molecule has 0 fully saturated rings. The summed E-state index contributed by atoms with van der Waals surface area (Å²) in [6.07, 6.45) is 39.8. The molecule has 0 aliphatic carbocycles. The van der Waals surface area contributed by atoms with Gasteiger partial charge >= 0.3 is 11.9 Å². The maximum absolute atomic E-state index is 15.0. The van der Waals surface area contributed by atoms with Crippen molar-refractivity contribution < 1.29 is 19.1 Å². The number of carbonyl (C=O) groups excluding carboxylic acids is 2. The summed E-state index contributed by atoms with van der Waals surface area (Å²) in [4.78, 5) is 30.0. The smallest absolute Gasteiger partial charge is 0.340 e. The van der Waals surface area contributed by atoms with Crippen LogP contribution in [0.15, 0.2) is 146 Å². The number of hydrogen-bond acceptors (Lipinski definition) is 4. The molecule has 0 spiro atoms. The first-order valence-corrected chi connectivity index (χ1v) is 29.3. The van der Waals surface area contributed by atoms with Gasteiger partial charge in [-0.15, -0.1) is 0 Å². The minimum Gasteiger partial charge on any atom is -0.446 e. The summed E-state index contributed by atoms with van der Waals surface area (Å²) in [5, 5.41) is 0. The average Bonchev–Trinajstić information content (AvgIpc) is 3.43. The molecule has 0 aliphatic heterocycles. The van der Waals surface area contributed by atoms with Gasteiger partial charge in [-0.3, -0.25) is 0 Å². The second-order valence-corrected chi connectivity index (χ2v) is 20.8. The van der Waals surface area contributed by atoms with Crippen molar-refractivity contribution in [3.05, 3.63) is 179 Å². The van der Waals surface area contributed by atoms with Gasteiger partial charge in [0.05, 0.1) is 11.1 Å². The number of ether oxygens (including phenoxy) is 2. The maximum atomic E-state index is 15.0. The lowest BCUT2D eigenvalue weighted by atomic mass is 9.81. The van der Waals surface area contributed by atoms with Crippen molar-refractivity contribution in [3.63, 3.8) is 0 Å². The first kappa shape index (κ1) is 57.9. The van der Waals surface area contributed by atoms with Crippen molar-refractivity contribution in [1.29, 1.82) is 0 Å².